The normalized spacial score (nSPS) is 10.7. The smallest absolute Gasteiger partial charge is 0.226 e. The maximum absolute atomic E-state index is 14.5. The number of hydrogen-bond acceptors (Lipinski definition) is 4. The van der Waals surface area contributed by atoms with Crippen LogP contribution >= 0.6 is 0 Å². The summed E-state index contributed by atoms with van der Waals surface area (Å²) in [7, 11) is 1.60. The minimum absolute atomic E-state index is 0.0928. The molecule has 3 aromatic carbocycles. The first-order valence-corrected chi connectivity index (χ1v) is 11.5. The number of hydrogen-bond donors (Lipinski definition) is 1. The summed E-state index contributed by atoms with van der Waals surface area (Å²) in [5, 5.41) is 7.67. The monoisotopic (exact) mass is 473 g/mol. The summed E-state index contributed by atoms with van der Waals surface area (Å²) in [4.78, 5) is 12.7. The molecule has 1 amide bonds. The molecule has 0 fully saturated rings. The van der Waals surface area contributed by atoms with Gasteiger partial charge < -0.3 is 14.8 Å². The van der Waals surface area contributed by atoms with Crippen molar-refractivity contribution in [3.05, 3.63) is 95.4 Å². The summed E-state index contributed by atoms with van der Waals surface area (Å²) in [6, 6.07) is 21.2. The number of carbonyl (C=O) groups is 1. The van der Waals surface area contributed by atoms with E-state index in [1.165, 1.54) is 6.07 Å². The van der Waals surface area contributed by atoms with E-state index in [-0.39, 0.29) is 18.1 Å². The van der Waals surface area contributed by atoms with Crippen LogP contribution < -0.4 is 14.8 Å². The van der Waals surface area contributed by atoms with Crippen LogP contribution in [0, 0.1) is 12.7 Å². The van der Waals surface area contributed by atoms with Crippen LogP contribution in [0.1, 0.15) is 30.2 Å². The van der Waals surface area contributed by atoms with Crippen molar-refractivity contribution in [1.29, 1.82) is 0 Å². The summed E-state index contributed by atoms with van der Waals surface area (Å²) in [5.74, 6) is 0.595. The molecule has 0 aliphatic rings. The molecular formula is C28H28FN3O3. The number of aryl methyl sites for hydroxylation is 2. The topological polar surface area (TPSA) is 65.4 Å². The van der Waals surface area contributed by atoms with Gasteiger partial charge in [0.1, 0.15) is 5.75 Å². The van der Waals surface area contributed by atoms with Gasteiger partial charge in [0.15, 0.2) is 11.6 Å². The van der Waals surface area contributed by atoms with Gasteiger partial charge in [-0.25, -0.2) is 9.07 Å². The Labute approximate surface area is 204 Å². The number of methoxy groups -OCH3 is 1. The van der Waals surface area contributed by atoms with Crippen LogP contribution in [-0.2, 0) is 17.6 Å². The van der Waals surface area contributed by atoms with E-state index in [4.69, 9.17) is 14.6 Å². The molecule has 7 heteroatoms. The minimum atomic E-state index is -0.476. The number of benzene rings is 3. The van der Waals surface area contributed by atoms with E-state index in [0.717, 1.165) is 28.2 Å². The summed E-state index contributed by atoms with van der Waals surface area (Å²) in [6.45, 7) is 3.99. The lowest BCUT2D eigenvalue weighted by atomic mass is 10.1. The van der Waals surface area contributed by atoms with E-state index in [0.29, 0.717) is 24.5 Å². The molecule has 0 radical (unpaired) electrons. The van der Waals surface area contributed by atoms with Crippen molar-refractivity contribution in [1.82, 2.24) is 9.78 Å². The molecule has 0 spiro atoms. The highest BCUT2D eigenvalue weighted by atomic mass is 19.1. The molecular weight excluding hydrogens is 445 g/mol. The molecule has 4 rings (SSSR count). The van der Waals surface area contributed by atoms with Gasteiger partial charge in [-0.1, -0.05) is 36.8 Å². The van der Waals surface area contributed by atoms with Gasteiger partial charge in [-0.05, 0) is 68.3 Å². The Bertz CT molecular complexity index is 1300. The maximum atomic E-state index is 14.5. The van der Waals surface area contributed by atoms with Crippen LogP contribution in [0.2, 0.25) is 0 Å². The zero-order valence-electron chi connectivity index (χ0n) is 20.0. The minimum Gasteiger partial charge on any atom is -0.497 e. The Balaban J connectivity index is 1.66. The predicted molar refractivity (Wildman–Crippen MR) is 134 cm³/mol. The molecule has 35 heavy (non-hydrogen) atoms. The highest BCUT2D eigenvalue weighted by molar-refractivity contribution is 5.90. The lowest BCUT2D eigenvalue weighted by molar-refractivity contribution is -0.116. The third-order valence-electron chi connectivity index (χ3n) is 5.65. The quantitative estimate of drug-likeness (QED) is 0.312. The van der Waals surface area contributed by atoms with Crippen LogP contribution in [0.25, 0.3) is 5.69 Å². The summed E-state index contributed by atoms with van der Waals surface area (Å²) < 4.78 is 27.5. The largest absolute Gasteiger partial charge is 0.497 e. The SMILES string of the molecule is CCc1nn(-c2ccc(OC)cc2)c(Oc2ccccc2F)c1CCC(=O)Nc1ccc(C)cc1. The van der Waals surface area contributed by atoms with E-state index < -0.39 is 5.82 Å². The number of nitrogens with zero attached hydrogens (tertiary/aromatic N) is 2. The summed E-state index contributed by atoms with van der Waals surface area (Å²) in [6.07, 6.45) is 1.25. The third-order valence-corrected chi connectivity index (χ3v) is 5.65. The van der Waals surface area contributed by atoms with Crippen LogP contribution in [0.15, 0.2) is 72.8 Å². The molecule has 1 aromatic heterocycles. The number of nitrogens with one attached hydrogen (secondary N) is 1. The second-order valence-corrected chi connectivity index (χ2v) is 8.14. The van der Waals surface area contributed by atoms with Crippen LogP contribution in [0.3, 0.4) is 0 Å². The number of carbonyl (C=O) groups excluding carboxylic acids is 1. The van der Waals surface area contributed by atoms with E-state index in [1.807, 2.05) is 62.4 Å². The van der Waals surface area contributed by atoms with Crippen molar-refractivity contribution in [3.8, 4) is 23.1 Å². The fourth-order valence-electron chi connectivity index (χ4n) is 3.75. The molecule has 1 heterocycles. The van der Waals surface area contributed by atoms with Gasteiger partial charge in [0.05, 0.1) is 18.5 Å². The lowest BCUT2D eigenvalue weighted by Crippen LogP contribution is -2.12. The number of aromatic nitrogens is 2. The number of ether oxygens (including phenoxy) is 2. The average molecular weight is 474 g/mol. The second-order valence-electron chi connectivity index (χ2n) is 8.14. The molecule has 180 valence electrons. The van der Waals surface area contributed by atoms with Crippen molar-refractivity contribution in [2.24, 2.45) is 0 Å². The van der Waals surface area contributed by atoms with E-state index in [9.17, 15) is 9.18 Å². The zero-order valence-corrected chi connectivity index (χ0v) is 20.0. The standard InChI is InChI=1S/C28H28FN3O3/c1-4-25-23(17-18-27(33)30-20-11-9-19(2)10-12-20)28(35-26-8-6-5-7-24(26)29)32(31-25)21-13-15-22(34-3)16-14-21/h5-16H,4,17-18H2,1-3H3,(H,30,33). The van der Waals surface area contributed by atoms with Gasteiger partial charge in [-0.2, -0.15) is 5.10 Å². The number of rotatable bonds is 9. The number of para-hydroxylation sites is 1. The van der Waals surface area contributed by atoms with Gasteiger partial charge >= 0.3 is 0 Å². The fraction of sp³-hybridized carbons (Fsp3) is 0.214. The highest BCUT2D eigenvalue weighted by Gasteiger charge is 2.22. The van der Waals surface area contributed by atoms with Gasteiger partial charge in [-0.15, -0.1) is 0 Å². The molecule has 0 bridgehead atoms. The molecule has 0 unspecified atom stereocenters. The lowest BCUT2D eigenvalue weighted by Gasteiger charge is -2.12. The van der Waals surface area contributed by atoms with Gasteiger partial charge in [0, 0.05) is 17.7 Å². The number of halogens is 1. The molecule has 0 saturated heterocycles. The van der Waals surface area contributed by atoms with Crippen LogP contribution in [0.4, 0.5) is 10.1 Å². The second kappa shape index (κ2) is 10.9. The van der Waals surface area contributed by atoms with Crippen LogP contribution in [0.5, 0.6) is 17.4 Å². The Morgan fingerprint density at radius 1 is 1.03 bits per heavy atom. The maximum Gasteiger partial charge on any atom is 0.226 e. The molecule has 4 aromatic rings. The Kier molecular flexibility index (Phi) is 7.45. The summed E-state index contributed by atoms with van der Waals surface area (Å²) >= 11 is 0. The number of anilines is 1. The first kappa shape index (κ1) is 24.0. The third kappa shape index (κ3) is 5.69. The van der Waals surface area contributed by atoms with Crippen molar-refractivity contribution >= 4 is 11.6 Å². The van der Waals surface area contributed by atoms with Crippen molar-refractivity contribution in [2.75, 3.05) is 12.4 Å². The van der Waals surface area contributed by atoms with Crippen molar-refractivity contribution in [3.63, 3.8) is 0 Å². The molecule has 6 nitrogen and oxygen atoms in total. The Morgan fingerprint density at radius 3 is 2.40 bits per heavy atom. The first-order chi connectivity index (χ1) is 17.0. The average Bonchev–Trinajstić information content (AvgIpc) is 3.22. The molecule has 0 aliphatic carbocycles. The van der Waals surface area contributed by atoms with Crippen molar-refractivity contribution < 1.29 is 18.7 Å². The van der Waals surface area contributed by atoms with Crippen LogP contribution in [-0.4, -0.2) is 22.8 Å². The van der Waals surface area contributed by atoms with Crippen molar-refractivity contribution in [2.45, 2.75) is 33.1 Å². The van der Waals surface area contributed by atoms with Gasteiger partial charge in [0.2, 0.25) is 11.8 Å². The predicted octanol–water partition coefficient (Wildman–Crippen LogP) is 6.25. The summed E-state index contributed by atoms with van der Waals surface area (Å²) in [5.41, 5.74) is 4.16. The molecule has 0 saturated carbocycles. The first-order valence-electron chi connectivity index (χ1n) is 11.5. The fourth-order valence-corrected chi connectivity index (χ4v) is 3.75. The number of amides is 1. The zero-order chi connectivity index (χ0) is 24.8. The molecule has 0 atom stereocenters. The van der Waals surface area contributed by atoms with E-state index in [1.54, 1.807) is 30.0 Å². The van der Waals surface area contributed by atoms with Gasteiger partial charge in [0.25, 0.3) is 0 Å². The molecule has 0 aliphatic heterocycles. The Morgan fingerprint density at radius 2 is 1.74 bits per heavy atom. The Hall–Kier alpha value is -4.13. The van der Waals surface area contributed by atoms with E-state index >= 15 is 0 Å². The van der Waals surface area contributed by atoms with E-state index in [2.05, 4.69) is 5.32 Å². The molecule has 1 N–H and O–H groups in total. The van der Waals surface area contributed by atoms with Gasteiger partial charge in [-0.3, -0.25) is 4.79 Å². The highest BCUT2D eigenvalue weighted by Crippen LogP contribution is 2.33.